The van der Waals surface area contributed by atoms with Gasteiger partial charge in [-0.25, -0.2) is 4.79 Å². The van der Waals surface area contributed by atoms with E-state index in [2.05, 4.69) is 12.2 Å². The van der Waals surface area contributed by atoms with Gasteiger partial charge in [0.05, 0.1) is 7.11 Å². The number of amides is 2. The maximum atomic E-state index is 12.1. The first-order valence-corrected chi connectivity index (χ1v) is 6.42. The maximum Gasteiger partial charge on any atom is 0.322 e. The first-order valence-electron chi connectivity index (χ1n) is 6.42. The van der Waals surface area contributed by atoms with Crippen molar-refractivity contribution in [3.8, 4) is 5.75 Å². The molecule has 1 heterocycles. The van der Waals surface area contributed by atoms with Crippen molar-refractivity contribution in [2.75, 3.05) is 19.0 Å². The Morgan fingerprint density at radius 2 is 2.06 bits per heavy atom. The standard InChI is InChI=1S/C14H20N2O2/c1-11-5-3-4-10-16(11)14(17)15-12-6-8-13(18-2)9-7-12/h6-9,11H,3-5,10H2,1-2H3,(H,15,17)/t11-/m0/s1. The third-order valence-corrected chi connectivity index (χ3v) is 3.41. The number of carbonyl (C=O) groups is 1. The van der Waals surface area contributed by atoms with Crippen LogP contribution in [0.3, 0.4) is 0 Å². The van der Waals surface area contributed by atoms with Gasteiger partial charge in [-0.2, -0.15) is 0 Å². The molecule has 1 aromatic carbocycles. The molecule has 0 radical (unpaired) electrons. The second kappa shape index (κ2) is 5.76. The van der Waals surface area contributed by atoms with Crippen molar-refractivity contribution < 1.29 is 9.53 Å². The number of urea groups is 1. The lowest BCUT2D eigenvalue weighted by Crippen LogP contribution is -2.44. The zero-order chi connectivity index (χ0) is 13.0. The van der Waals surface area contributed by atoms with Crippen LogP contribution in [0.25, 0.3) is 0 Å². The highest BCUT2D eigenvalue weighted by Crippen LogP contribution is 2.19. The van der Waals surface area contributed by atoms with Crippen molar-refractivity contribution in [2.45, 2.75) is 32.2 Å². The predicted molar refractivity (Wildman–Crippen MR) is 72.0 cm³/mol. The number of nitrogens with one attached hydrogen (secondary N) is 1. The van der Waals surface area contributed by atoms with Crippen LogP contribution in [-0.2, 0) is 0 Å². The molecule has 0 aliphatic carbocycles. The van der Waals surface area contributed by atoms with Crippen LogP contribution in [-0.4, -0.2) is 30.6 Å². The Hall–Kier alpha value is -1.71. The molecule has 0 aromatic heterocycles. The van der Waals surface area contributed by atoms with E-state index < -0.39 is 0 Å². The zero-order valence-corrected chi connectivity index (χ0v) is 11.0. The predicted octanol–water partition coefficient (Wildman–Crippen LogP) is 3.10. The lowest BCUT2D eigenvalue weighted by molar-refractivity contribution is 0.170. The van der Waals surface area contributed by atoms with Crippen LogP contribution in [0, 0.1) is 0 Å². The van der Waals surface area contributed by atoms with E-state index in [-0.39, 0.29) is 6.03 Å². The van der Waals surface area contributed by atoms with Gasteiger partial charge in [0.25, 0.3) is 0 Å². The molecule has 2 amide bonds. The lowest BCUT2D eigenvalue weighted by atomic mass is 10.0. The Balaban J connectivity index is 1.97. The number of hydrogen-bond acceptors (Lipinski definition) is 2. The minimum Gasteiger partial charge on any atom is -0.497 e. The van der Waals surface area contributed by atoms with E-state index in [0.29, 0.717) is 6.04 Å². The van der Waals surface area contributed by atoms with Crippen LogP contribution >= 0.6 is 0 Å². The Morgan fingerprint density at radius 1 is 1.33 bits per heavy atom. The van der Waals surface area contributed by atoms with Crippen molar-refractivity contribution in [3.05, 3.63) is 24.3 Å². The van der Waals surface area contributed by atoms with Gasteiger partial charge in [0, 0.05) is 18.3 Å². The number of hydrogen-bond donors (Lipinski definition) is 1. The number of benzene rings is 1. The number of nitrogens with zero attached hydrogens (tertiary/aromatic N) is 1. The van der Waals surface area contributed by atoms with Gasteiger partial charge in [-0.1, -0.05) is 0 Å². The van der Waals surface area contributed by atoms with Crippen molar-refractivity contribution in [1.82, 2.24) is 4.90 Å². The van der Waals surface area contributed by atoms with E-state index >= 15 is 0 Å². The summed E-state index contributed by atoms with van der Waals surface area (Å²) < 4.78 is 5.08. The van der Waals surface area contributed by atoms with Gasteiger partial charge >= 0.3 is 6.03 Å². The largest absolute Gasteiger partial charge is 0.497 e. The van der Waals surface area contributed by atoms with E-state index in [9.17, 15) is 4.79 Å². The number of carbonyl (C=O) groups excluding carboxylic acids is 1. The summed E-state index contributed by atoms with van der Waals surface area (Å²) in [5.74, 6) is 0.791. The quantitative estimate of drug-likeness (QED) is 0.873. The van der Waals surface area contributed by atoms with E-state index in [4.69, 9.17) is 4.74 Å². The fourth-order valence-corrected chi connectivity index (χ4v) is 2.27. The van der Waals surface area contributed by atoms with Crippen molar-refractivity contribution in [1.29, 1.82) is 0 Å². The first-order chi connectivity index (χ1) is 8.70. The van der Waals surface area contributed by atoms with E-state index in [1.165, 1.54) is 6.42 Å². The highest BCUT2D eigenvalue weighted by Gasteiger charge is 2.22. The van der Waals surface area contributed by atoms with Crippen molar-refractivity contribution >= 4 is 11.7 Å². The highest BCUT2D eigenvalue weighted by atomic mass is 16.5. The summed E-state index contributed by atoms with van der Waals surface area (Å²) in [6, 6.07) is 7.71. The van der Waals surface area contributed by atoms with Crippen LogP contribution in [0.4, 0.5) is 10.5 Å². The summed E-state index contributed by atoms with van der Waals surface area (Å²) >= 11 is 0. The summed E-state index contributed by atoms with van der Waals surface area (Å²) in [6.07, 6.45) is 3.41. The van der Waals surface area contributed by atoms with Gasteiger partial charge in [0.15, 0.2) is 0 Å². The lowest BCUT2D eigenvalue weighted by Gasteiger charge is -2.33. The van der Waals surface area contributed by atoms with Crippen LogP contribution < -0.4 is 10.1 Å². The Labute approximate surface area is 108 Å². The third kappa shape index (κ3) is 2.94. The molecule has 1 fully saturated rings. The highest BCUT2D eigenvalue weighted by molar-refractivity contribution is 5.89. The van der Waals surface area contributed by atoms with Gasteiger partial charge in [0.2, 0.25) is 0 Å². The molecule has 1 aliphatic heterocycles. The smallest absolute Gasteiger partial charge is 0.322 e. The van der Waals surface area contributed by atoms with Crippen LogP contribution in [0.2, 0.25) is 0 Å². The van der Waals surface area contributed by atoms with Crippen LogP contribution in [0.15, 0.2) is 24.3 Å². The third-order valence-electron chi connectivity index (χ3n) is 3.41. The second-order valence-electron chi connectivity index (χ2n) is 4.70. The molecule has 4 heteroatoms. The Morgan fingerprint density at radius 3 is 2.67 bits per heavy atom. The molecule has 1 N–H and O–H groups in total. The SMILES string of the molecule is COc1ccc(NC(=O)N2CCCC[C@@H]2C)cc1. The summed E-state index contributed by atoms with van der Waals surface area (Å²) in [7, 11) is 1.63. The van der Waals surface area contributed by atoms with E-state index in [0.717, 1.165) is 30.8 Å². The molecule has 1 atom stereocenters. The monoisotopic (exact) mass is 248 g/mol. The number of likely N-dealkylation sites (tertiary alicyclic amines) is 1. The number of ether oxygens (including phenoxy) is 1. The molecule has 1 aliphatic rings. The van der Waals surface area contributed by atoms with Gasteiger partial charge in [-0.3, -0.25) is 0 Å². The molecule has 0 unspecified atom stereocenters. The average Bonchev–Trinajstić information content (AvgIpc) is 2.40. The Bertz CT molecular complexity index is 403. The van der Waals surface area contributed by atoms with Gasteiger partial charge in [-0.15, -0.1) is 0 Å². The molecule has 1 saturated heterocycles. The molecule has 98 valence electrons. The molecule has 0 bridgehead atoms. The minimum absolute atomic E-state index is 0.00707. The minimum atomic E-state index is -0.00707. The first kappa shape index (κ1) is 12.7. The van der Waals surface area contributed by atoms with Crippen LogP contribution in [0.1, 0.15) is 26.2 Å². The normalized spacial score (nSPS) is 19.4. The number of piperidine rings is 1. The molecule has 18 heavy (non-hydrogen) atoms. The fourth-order valence-electron chi connectivity index (χ4n) is 2.27. The molecule has 2 rings (SSSR count). The molecular formula is C14H20N2O2. The van der Waals surface area contributed by atoms with E-state index in [1.807, 2.05) is 29.2 Å². The average molecular weight is 248 g/mol. The summed E-state index contributed by atoms with van der Waals surface area (Å²) in [6.45, 7) is 2.95. The summed E-state index contributed by atoms with van der Waals surface area (Å²) in [5, 5.41) is 2.92. The zero-order valence-electron chi connectivity index (χ0n) is 11.0. The number of methoxy groups -OCH3 is 1. The van der Waals surface area contributed by atoms with Crippen molar-refractivity contribution in [2.24, 2.45) is 0 Å². The van der Waals surface area contributed by atoms with Gasteiger partial charge in [0.1, 0.15) is 5.75 Å². The molecule has 0 spiro atoms. The number of anilines is 1. The van der Waals surface area contributed by atoms with Crippen molar-refractivity contribution in [3.63, 3.8) is 0 Å². The number of rotatable bonds is 2. The molecular weight excluding hydrogens is 228 g/mol. The molecule has 4 nitrogen and oxygen atoms in total. The molecule has 1 aromatic rings. The topological polar surface area (TPSA) is 41.6 Å². The fraction of sp³-hybridized carbons (Fsp3) is 0.500. The van der Waals surface area contributed by atoms with Gasteiger partial charge < -0.3 is 15.0 Å². The van der Waals surface area contributed by atoms with E-state index in [1.54, 1.807) is 7.11 Å². The maximum absolute atomic E-state index is 12.1. The Kier molecular flexibility index (Phi) is 4.07. The van der Waals surface area contributed by atoms with Gasteiger partial charge in [-0.05, 0) is 50.5 Å². The summed E-state index contributed by atoms with van der Waals surface area (Å²) in [5.41, 5.74) is 0.804. The summed E-state index contributed by atoms with van der Waals surface area (Å²) in [4.78, 5) is 14.0. The van der Waals surface area contributed by atoms with Crippen LogP contribution in [0.5, 0.6) is 5.75 Å². The molecule has 0 saturated carbocycles. The second-order valence-corrected chi connectivity index (χ2v) is 4.70.